The van der Waals surface area contributed by atoms with Gasteiger partial charge in [-0.2, -0.15) is 0 Å². The average Bonchev–Trinajstić information content (AvgIpc) is 2.75. The number of hydrogen-bond donors (Lipinski definition) is 1. The van der Waals surface area contributed by atoms with Crippen LogP contribution in [0.25, 0.3) is 0 Å². The molecule has 0 spiro atoms. The summed E-state index contributed by atoms with van der Waals surface area (Å²) >= 11 is 5.99. The Balaban J connectivity index is 2.04. The zero-order chi connectivity index (χ0) is 17.2. The van der Waals surface area contributed by atoms with Crippen molar-refractivity contribution in [3.8, 4) is 0 Å². The number of ketones is 2. The van der Waals surface area contributed by atoms with Crippen LogP contribution in [0.2, 0.25) is 5.02 Å². The molecule has 3 rings (SSSR count). The van der Waals surface area contributed by atoms with E-state index in [1.54, 1.807) is 25.1 Å². The second kappa shape index (κ2) is 4.67. The molecule has 2 aliphatic carbocycles. The average molecular weight is 334 g/mol. The molecule has 2 aliphatic rings. The quantitative estimate of drug-likeness (QED) is 0.665. The number of carbonyl (C=O) groups excluding carboxylic acids is 3. The van der Waals surface area contributed by atoms with Crippen molar-refractivity contribution in [1.82, 2.24) is 0 Å². The molecule has 23 heavy (non-hydrogen) atoms. The molecule has 1 N–H and O–H groups in total. The summed E-state index contributed by atoms with van der Waals surface area (Å²) in [5.74, 6) is -1.35. The van der Waals surface area contributed by atoms with E-state index < -0.39 is 33.7 Å². The molecule has 2 fully saturated rings. The molecule has 1 aromatic carbocycles. The number of fused-ring (bicyclic) bond motifs is 2. The molecule has 5 heteroatoms. The van der Waals surface area contributed by atoms with Crippen molar-refractivity contribution >= 4 is 34.8 Å². The molecule has 0 aromatic heterocycles. The molecule has 4 nitrogen and oxygen atoms in total. The summed E-state index contributed by atoms with van der Waals surface area (Å²) in [5, 5.41) is 3.35. The lowest BCUT2D eigenvalue weighted by Crippen LogP contribution is -2.47. The van der Waals surface area contributed by atoms with Gasteiger partial charge in [-0.25, -0.2) is 0 Å². The molecular formula is C18H20ClNO3. The number of anilines is 1. The summed E-state index contributed by atoms with van der Waals surface area (Å²) in [5.41, 5.74) is -1.31. The monoisotopic (exact) mass is 333 g/mol. The number of benzene rings is 1. The van der Waals surface area contributed by atoms with Crippen molar-refractivity contribution in [1.29, 1.82) is 0 Å². The Kier molecular flexibility index (Phi) is 3.28. The molecular weight excluding hydrogens is 314 g/mol. The van der Waals surface area contributed by atoms with Gasteiger partial charge in [-0.3, -0.25) is 14.4 Å². The first-order valence-electron chi connectivity index (χ1n) is 7.75. The Morgan fingerprint density at radius 1 is 1.13 bits per heavy atom. The van der Waals surface area contributed by atoms with Gasteiger partial charge in [0.05, 0.1) is 0 Å². The van der Waals surface area contributed by atoms with E-state index >= 15 is 0 Å². The van der Waals surface area contributed by atoms with E-state index in [1.165, 1.54) is 0 Å². The first kappa shape index (κ1) is 16.2. The third-order valence-corrected chi connectivity index (χ3v) is 6.61. The van der Waals surface area contributed by atoms with E-state index in [1.807, 2.05) is 20.8 Å². The van der Waals surface area contributed by atoms with Crippen LogP contribution in [-0.4, -0.2) is 17.5 Å². The Labute approximate surface area is 140 Å². The van der Waals surface area contributed by atoms with E-state index in [0.717, 1.165) is 5.56 Å². The Morgan fingerprint density at radius 3 is 2.35 bits per heavy atom. The predicted octanol–water partition coefficient (Wildman–Crippen LogP) is 3.55. The lowest BCUT2D eigenvalue weighted by atomic mass is 9.64. The van der Waals surface area contributed by atoms with Gasteiger partial charge in [0.1, 0.15) is 5.41 Å². The van der Waals surface area contributed by atoms with Crippen molar-refractivity contribution in [3.05, 3.63) is 28.8 Å². The van der Waals surface area contributed by atoms with Crippen LogP contribution in [0.1, 0.15) is 39.2 Å². The minimum atomic E-state index is -1.28. The number of rotatable bonds is 2. The van der Waals surface area contributed by atoms with Crippen molar-refractivity contribution in [2.24, 2.45) is 16.2 Å². The molecule has 0 radical (unpaired) electrons. The van der Waals surface area contributed by atoms with Crippen LogP contribution in [0, 0.1) is 23.2 Å². The van der Waals surface area contributed by atoms with Crippen LogP contribution in [0.3, 0.4) is 0 Å². The highest BCUT2D eigenvalue weighted by atomic mass is 35.5. The topological polar surface area (TPSA) is 63.2 Å². The lowest BCUT2D eigenvalue weighted by molar-refractivity contribution is -0.147. The first-order valence-corrected chi connectivity index (χ1v) is 8.12. The zero-order valence-corrected chi connectivity index (χ0v) is 14.5. The lowest BCUT2D eigenvalue weighted by Gasteiger charge is -2.37. The van der Waals surface area contributed by atoms with Crippen LogP contribution in [0.15, 0.2) is 18.2 Å². The highest BCUT2D eigenvalue weighted by Gasteiger charge is 2.77. The number of halogens is 1. The molecule has 0 saturated heterocycles. The van der Waals surface area contributed by atoms with Crippen molar-refractivity contribution < 1.29 is 14.4 Å². The van der Waals surface area contributed by atoms with Gasteiger partial charge >= 0.3 is 0 Å². The summed E-state index contributed by atoms with van der Waals surface area (Å²) < 4.78 is 0. The van der Waals surface area contributed by atoms with Crippen LogP contribution in [-0.2, 0) is 14.4 Å². The van der Waals surface area contributed by atoms with Gasteiger partial charge in [0.25, 0.3) is 0 Å². The highest BCUT2D eigenvalue weighted by molar-refractivity contribution is 6.49. The van der Waals surface area contributed by atoms with E-state index in [4.69, 9.17) is 11.6 Å². The summed E-state index contributed by atoms with van der Waals surface area (Å²) in [4.78, 5) is 38.1. The molecule has 2 saturated carbocycles. The van der Waals surface area contributed by atoms with Gasteiger partial charge in [0.2, 0.25) is 17.5 Å². The maximum atomic E-state index is 13.0. The van der Waals surface area contributed by atoms with Crippen molar-refractivity contribution in [2.45, 2.75) is 40.5 Å². The molecule has 122 valence electrons. The largest absolute Gasteiger partial charge is 0.325 e. The second-order valence-electron chi connectivity index (χ2n) is 7.43. The Morgan fingerprint density at radius 2 is 1.78 bits per heavy atom. The fourth-order valence-electron chi connectivity index (χ4n) is 4.23. The van der Waals surface area contributed by atoms with E-state index in [-0.39, 0.29) is 0 Å². The minimum Gasteiger partial charge on any atom is -0.325 e. The summed E-state index contributed by atoms with van der Waals surface area (Å²) in [6.07, 6.45) is 0.971. The normalized spacial score (nSPS) is 31.5. The molecule has 0 aliphatic heterocycles. The van der Waals surface area contributed by atoms with E-state index in [2.05, 4.69) is 5.32 Å². The number of nitrogens with one attached hydrogen (secondary N) is 1. The van der Waals surface area contributed by atoms with Gasteiger partial charge in [-0.15, -0.1) is 0 Å². The first-order chi connectivity index (χ1) is 10.6. The molecule has 2 atom stereocenters. The van der Waals surface area contributed by atoms with Crippen LogP contribution < -0.4 is 5.32 Å². The predicted molar refractivity (Wildman–Crippen MR) is 88.4 cm³/mol. The number of hydrogen-bond acceptors (Lipinski definition) is 3. The Hall–Kier alpha value is -1.68. The smallest absolute Gasteiger partial charge is 0.239 e. The fourth-order valence-corrected chi connectivity index (χ4v) is 4.40. The van der Waals surface area contributed by atoms with Gasteiger partial charge < -0.3 is 5.32 Å². The van der Waals surface area contributed by atoms with E-state index in [9.17, 15) is 14.4 Å². The van der Waals surface area contributed by atoms with Crippen molar-refractivity contribution in [2.75, 3.05) is 5.32 Å². The number of aryl methyl sites for hydroxylation is 1. The number of amides is 1. The second-order valence-corrected chi connectivity index (χ2v) is 7.87. The minimum absolute atomic E-state index is 0.396. The van der Waals surface area contributed by atoms with Crippen LogP contribution in [0.4, 0.5) is 5.69 Å². The summed E-state index contributed by atoms with van der Waals surface area (Å²) in [7, 11) is 0. The maximum absolute atomic E-state index is 13.0. The summed E-state index contributed by atoms with van der Waals surface area (Å²) in [6.45, 7) is 7.37. The molecule has 0 heterocycles. The number of Topliss-reactive ketones (excluding diaryl/α,β-unsaturated/α-hetero) is 2. The highest BCUT2D eigenvalue weighted by Crippen LogP contribution is 2.69. The van der Waals surface area contributed by atoms with Crippen LogP contribution in [0.5, 0.6) is 0 Å². The fraction of sp³-hybridized carbons (Fsp3) is 0.500. The van der Waals surface area contributed by atoms with Gasteiger partial charge in [0.15, 0.2) is 0 Å². The van der Waals surface area contributed by atoms with Crippen LogP contribution >= 0.6 is 11.6 Å². The molecule has 2 bridgehead atoms. The molecule has 1 aromatic rings. The molecule has 1 amide bonds. The summed E-state index contributed by atoms with van der Waals surface area (Å²) in [6, 6.07) is 5.21. The third kappa shape index (κ3) is 1.76. The van der Waals surface area contributed by atoms with Gasteiger partial charge in [0, 0.05) is 16.1 Å². The van der Waals surface area contributed by atoms with Crippen molar-refractivity contribution in [3.63, 3.8) is 0 Å². The SMILES string of the molecule is Cc1ccc(Cl)cc1NC(=O)[C@]12CC[C@](C)(C(=O)C1=O)C2(C)C. The standard InChI is InChI=1S/C18H20ClNO3/c1-10-5-6-11(19)9-12(10)20-15(23)18-8-7-17(4,16(18,2)3)13(21)14(18)22/h5-6,9H,7-8H2,1-4H3,(H,20,23)/t17-,18+/m1/s1. The van der Waals surface area contributed by atoms with Gasteiger partial charge in [-0.05, 0) is 42.9 Å². The Bertz CT molecular complexity index is 755. The van der Waals surface area contributed by atoms with E-state index in [0.29, 0.717) is 23.6 Å². The molecule has 0 unspecified atom stereocenters. The van der Waals surface area contributed by atoms with Gasteiger partial charge in [-0.1, -0.05) is 38.4 Å². The maximum Gasteiger partial charge on any atom is 0.239 e. The zero-order valence-electron chi connectivity index (χ0n) is 13.7. The third-order valence-electron chi connectivity index (χ3n) is 6.38. The number of carbonyl (C=O) groups is 3.